The Morgan fingerprint density at radius 2 is 1.96 bits per heavy atom. The average molecular weight is 384 g/mol. The minimum Gasteiger partial charge on any atom is -0.358 e. The standard InChI is InChI=1S/C15H15Cl2N5O3/c16-11-2-1-10(12(17)7-11)9-20-3-5-21(6-4-20)15(23)13-8-14(19-18-13)22(24)25/h1-2,7-8H,3-6,9H2,(H,18,19). The molecule has 1 fully saturated rings. The van der Waals surface area contributed by atoms with Gasteiger partial charge in [0.15, 0.2) is 5.69 Å². The molecule has 10 heteroatoms. The lowest BCUT2D eigenvalue weighted by Crippen LogP contribution is -2.48. The maximum absolute atomic E-state index is 12.4. The van der Waals surface area contributed by atoms with Crippen LogP contribution in [0.25, 0.3) is 0 Å². The molecule has 1 aliphatic heterocycles. The molecule has 1 aliphatic rings. The Hall–Kier alpha value is -2.16. The molecule has 8 nitrogen and oxygen atoms in total. The summed E-state index contributed by atoms with van der Waals surface area (Å²) in [6, 6.07) is 6.56. The van der Waals surface area contributed by atoms with Gasteiger partial charge in [0, 0.05) is 42.8 Å². The number of H-pyrrole nitrogens is 1. The van der Waals surface area contributed by atoms with E-state index in [0.29, 0.717) is 42.8 Å². The number of nitrogens with zero attached hydrogens (tertiary/aromatic N) is 4. The second-order valence-electron chi connectivity index (χ2n) is 5.70. The monoisotopic (exact) mass is 383 g/mol. The first-order valence-corrected chi connectivity index (χ1v) is 8.35. The van der Waals surface area contributed by atoms with Crippen LogP contribution in [0.4, 0.5) is 5.82 Å². The number of halogens is 2. The molecule has 2 aromatic rings. The molecule has 1 saturated heterocycles. The molecule has 0 saturated carbocycles. The van der Waals surface area contributed by atoms with E-state index in [1.807, 2.05) is 6.07 Å². The van der Waals surface area contributed by atoms with E-state index in [-0.39, 0.29) is 17.4 Å². The van der Waals surface area contributed by atoms with Gasteiger partial charge in [0.2, 0.25) is 0 Å². The fraction of sp³-hybridized carbons (Fsp3) is 0.333. The van der Waals surface area contributed by atoms with Gasteiger partial charge >= 0.3 is 5.82 Å². The second-order valence-corrected chi connectivity index (χ2v) is 6.54. The molecule has 2 heterocycles. The Morgan fingerprint density at radius 3 is 2.56 bits per heavy atom. The lowest BCUT2D eigenvalue weighted by Gasteiger charge is -2.34. The number of benzene rings is 1. The zero-order chi connectivity index (χ0) is 18.0. The third kappa shape index (κ3) is 4.09. The molecule has 0 aliphatic carbocycles. The van der Waals surface area contributed by atoms with Crippen LogP contribution >= 0.6 is 23.2 Å². The van der Waals surface area contributed by atoms with E-state index < -0.39 is 4.92 Å². The highest BCUT2D eigenvalue weighted by Gasteiger charge is 2.26. The Labute approximate surface area is 153 Å². The van der Waals surface area contributed by atoms with Crippen molar-refractivity contribution in [1.29, 1.82) is 0 Å². The smallest absolute Gasteiger partial charge is 0.343 e. The Balaban J connectivity index is 1.57. The fourth-order valence-corrected chi connectivity index (χ4v) is 3.14. The van der Waals surface area contributed by atoms with Crippen molar-refractivity contribution in [3.8, 4) is 0 Å². The lowest BCUT2D eigenvalue weighted by molar-refractivity contribution is -0.389. The molecule has 25 heavy (non-hydrogen) atoms. The number of hydrogen-bond donors (Lipinski definition) is 1. The van der Waals surface area contributed by atoms with E-state index in [1.165, 1.54) is 0 Å². The van der Waals surface area contributed by atoms with Crippen molar-refractivity contribution in [1.82, 2.24) is 20.0 Å². The van der Waals surface area contributed by atoms with E-state index in [0.717, 1.165) is 11.6 Å². The quantitative estimate of drug-likeness (QED) is 0.646. The molecule has 3 rings (SSSR count). The molecule has 132 valence electrons. The van der Waals surface area contributed by atoms with Crippen LogP contribution in [-0.4, -0.2) is 57.0 Å². The summed E-state index contributed by atoms with van der Waals surface area (Å²) in [7, 11) is 0. The number of nitrogens with one attached hydrogen (secondary N) is 1. The predicted molar refractivity (Wildman–Crippen MR) is 92.9 cm³/mol. The number of nitro groups is 1. The summed E-state index contributed by atoms with van der Waals surface area (Å²) < 4.78 is 0. The van der Waals surface area contributed by atoms with Crippen LogP contribution in [0.1, 0.15) is 16.1 Å². The van der Waals surface area contributed by atoms with Gasteiger partial charge in [-0.2, -0.15) is 0 Å². The highest BCUT2D eigenvalue weighted by Crippen LogP contribution is 2.23. The van der Waals surface area contributed by atoms with Gasteiger partial charge in [0.1, 0.15) is 0 Å². The van der Waals surface area contributed by atoms with Crippen LogP contribution in [-0.2, 0) is 6.54 Å². The van der Waals surface area contributed by atoms with Gasteiger partial charge < -0.3 is 15.0 Å². The van der Waals surface area contributed by atoms with Crippen molar-refractivity contribution in [2.75, 3.05) is 26.2 Å². The zero-order valence-corrected chi connectivity index (χ0v) is 14.6. The second kappa shape index (κ2) is 7.38. The van der Waals surface area contributed by atoms with E-state index in [4.69, 9.17) is 23.2 Å². The summed E-state index contributed by atoms with van der Waals surface area (Å²) in [4.78, 5) is 26.2. The first kappa shape index (κ1) is 17.7. The largest absolute Gasteiger partial charge is 0.358 e. The Kier molecular flexibility index (Phi) is 5.22. The number of piperazine rings is 1. The highest BCUT2D eigenvalue weighted by atomic mass is 35.5. The third-order valence-electron chi connectivity index (χ3n) is 4.05. The SMILES string of the molecule is O=C(c1cc([N+](=O)[O-])[nH]n1)N1CCN(Cc2ccc(Cl)cc2Cl)CC1. The molecule has 0 spiro atoms. The van der Waals surface area contributed by atoms with Crippen molar-refractivity contribution in [2.24, 2.45) is 0 Å². The maximum atomic E-state index is 12.4. The number of amides is 1. The molecule has 1 amide bonds. The van der Waals surface area contributed by atoms with Crippen molar-refractivity contribution < 1.29 is 9.72 Å². The first-order valence-electron chi connectivity index (χ1n) is 7.59. The van der Waals surface area contributed by atoms with Gasteiger partial charge in [-0.3, -0.25) is 9.69 Å². The number of hydrogen-bond acceptors (Lipinski definition) is 5. The fourth-order valence-electron chi connectivity index (χ4n) is 2.68. The molecule has 0 radical (unpaired) electrons. The normalized spacial score (nSPS) is 15.4. The van der Waals surface area contributed by atoms with E-state index in [2.05, 4.69) is 15.1 Å². The van der Waals surface area contributed by atoms with Crippen molar-refractivity contribution in [3.63, 3.8) is 0 Å². The summed E-state index contributed by atoms with van der Waals surface area (Å²) in [6.45, 7) is 3.07. The predicted octanol–water partition coefficient (Wildman–Crippen LogP) is 2.58. The van der Waals surface area contributed by atoms with Crippen molar-refractivity contribution in [2.45, 2.75) is 6.54 Å². The molecular weight excluding hydrogens is 369 g/mol. The minimum atomic E-state index is -0.614. The topological polar surface area (TPSA) is 95.4 Å². The van der Waals surface area contributed by atoms with Crippen LogP contribution in [0.2, 0.25) is 10.0 Å². The molecular formula is C15H15Cl2N5O3. The number of carbonyl (C=O) groups excluding carboxylic acids is 1. The number of aromatic amines is 1. The summed E-state index contributed by atoms with van der Waals surface area (Å²) in [5.41, 5.74) is 1.04. The zero-order valence-electron chi connectivity index (χ0n) is 13.1. The summed E-state index contributed by atoms with van der Waals surface area (Å²) in [5, 5.41) is 17.8. The van der Waals surface area contributed by atoms with Gasteiger partial charge in [-0.25, -0.2) is 0 Å². The van der Waals surface area contributed by atoms with Gasteiger partial charge in [-0.1, -0.05) is 34.4 Å². The molecule has 1 aromatic carbocycles. The van der Waals surface area contributed by atoms with E-state index >= 15 is 0 Å². The molecule has 1 aromatic heterocycles. The van der Waals surface area contributed by atoms with Gasteiger partial charge in [-0.05, 0) is 22.6 Å². The first-order chi connectivity index (χ1) is 11.9. The van der Waals surface area contributed by atoms with Crippen molar-refractivity contribution in [3.05, 3.63) is 55.7 Å². The molecule has 0 atom stereocenters. The summed E-state index contributed by atoms with van der Waals surface area (Å²) in [6.07, 6.45) is 0. The van der Waals surface area contributed by atoms with Crippen molar-refractivity contribution >= 4 is 34.9 Å². The number of carbonyl (C=O) groups is 1. The lowest BCUT2D eigenvalue weighted by atomic mass is 10.2. The summed E-state index contributed by atoms with van der Waals surface area (Å²) in [5.74, 6) is -0.604. The Morgan fingerprint density at radius 1 is 1.24 bits per heavy atom. The summed E-state index contributed by atoms with van der Waals surface area (Å²) >= 11 is 12.1. The third-order valence-corrected chi connectivity index (χ3v) is 4.64. The van der Waals surface area contributed by atoms with E-state index in [9.17, 15) is 14.9 Å². The minimum absolute atomic E-state index is 0.0564. The molecule has 1 N–H and O–H groups in total. The van der Waals surface area contributed by atoms with Crippen LogP contribution in [0.3, 0.4) is 0 Å². The van der Waals surface area contributed by atoms with Gasteiger partial charge in [0.05, 0.1) is 6.07 Å². The van der Waals surface area contributed by atoms with Crippen LogP contribution in [0.5, 0.6) is 0 Å². The van der Waals surface area contributed by atoms with Gasteiger partial charge in [0.25, 0.3) is 5.91 Å². The van der Waals surface area contributed by atoms with Crippen LogP contribution in [0, 0.1) is 10.1 Å². The van der Waals surface area contributed by atoms with Crippen LogP contribution < -0.4 is 0 Å². The van der Waals surface area contributed by atoms with Gasteiger partial charge in [-0.15, -0.1) is 5.10 Å². The maximum Gasteiger partial charge on any atom is 0.343 e. The van der Waals surface area contributed by atoms with Crippen LogP contribution in [0.15, 0.2) is 24.3 Å². The van der Waals surface area contributed by atoms with E-state index in [1.54, 1.807) is 17.0 Å². The Bertz CT molecular complexity index is 802. The molecule has 0 unspecified atom stereocenters. The highest BCUT2D eigenvalue weighted by molar-refractivity contribution is 6.35. The average Bonchev–Trinajstić information content (AvgIpc) is 3.08. The molecule has 0 bridgehead atoms. The number of aromatic nitrogens is 2. The number of rotatable bonds is 4.